The Balaban J connectivity index is 1.84. The van der Waals surface area contributed by atoms with Crippen LogP contribution in [0.5, 0.6) is 0 Å². The number of rotatable bonds is 2. The monoisotopic (exact) mass is 258 g/mol. The Kier molecular flexibility index (Phi) is 3.27. The SMILES string of the molecule is CC(C)N1CCC(c2nc3cccnc3n2C)CC1. The molecule has 1 saturated heterocycles. The van der Waals surface area contributed by atoms with E-state index in [2.05, 4.69) is 41.4 Å². The molecule has 1 aliphatic heterocycles. The molecule has 102 valence electrons. The zero-order chi connectivity index (χ0) is 13.4. The van der Waals surface area contributed by atoms with Crippen molar-refractivity contribution in [3.05, 3.63) is 24.2 Å². The van der Waals surface area contributed by atoms with Gasteiger partial charge in [-0.3, -0.25) is 0 Å². The highest BCUT2D eigenvalue weighted by Crippen LogP contribution is 2.29. The van der Waals surface area contributed by atoms with Crippen LogP contribution in [0, 0.1) is 0 Å². The first-order chi connectivity index (χ1) is 9.16. The summed E-state index contributed by atoms with van der Waals surface area (Å²) in [6.07, 6.45) is 4.25. The average molecular weight is 258 g/mol. The van der Waals surface area contributed by atoms with E-state index in [1.165, 1.54) is 31.8 Å². The molecule has 0 aliphatic carbocycles. The Morgan fingerprint density at radius 2 is 2.00 bits per heavy atom. The topological polar surface area (TPSA) is 34.0 Å². The largest absolute Gasteiger partial charge is 0.316 e. The highest BCUT2D eigenvalue weighted by atomic mass is 15.2. The van der Waals surface area contributed by atoms with Gasteiger partial charge in [0.2, 0.25) is 0 Å². The van der Waals surface area contributed by atoms with Crippen LogP contribution in [0.1, 0.15) is 38.4 Å². The maximum Gasteiger partial charge on any atom is 0.159 e. The van der Waals surface area contributed by atoms with Crippen LogP contribution in [0.15, 0.2) is 18.3 Å². The van der Waals surface area contributed by atoms with Crippen LogP contribution in [-0.4, -0.2) is 38.6 Å². The van der Waals surface area contributed by atoms with Gasteiger partial charge in [0.25, 0.3) is 0 Å². The first kappa shape index (κ1) is 12.6. The van der Waals surface area contributed by atoms with Gasteiger partial charge in [-0.2, -0.15) is 0 Å². The van der Waals surface area contributed by atoms with Crippen molar-refractivity contribution in [3.63, 3.8) is 0 Å². The smallest absolute Gasteiger partial charge is 0.159 e. The minimum Gasteiger partial charge on any atom is -0.316 e. The summed E-state index contributed by atoms with van der Waals surface area (Å²) in [7, 11) is 2.09. The van der Waals surface area contributed by atoms with Crippen molar-refractivity contribution < 1.29 is 0 Å². The Morgan fingerprint density at radius 1 is 1.26 bits per heavy atom. The van der Waals surface area contributed by atoms with E-state index in [0.29, 0.717) is 12.0 Å². The summed E-state index contributed by atoms with van der Waals surface area (Å²) < 4.78 is 2.17. The Bertz CT molecular complexity index is 565. The van der Waals surface area contributed by atoms with Crippen molar-refractivity contribution in [1.29, 1.82) is 0 Å². The lowest BCUT2D eigenvalue weighted by molar-refractivity contribution is 0.169. The quantitative estimate of drug-likeness (QED) is 0.830. The Morgan fingerprint density at radius 3 is 2.63 bits per heavy atom. The van der Waals surface area contributed by atoms with Gasteiger partial charge in [0.15, 0.2) is 5.65 Å². The van der Waals surface area contributed by atoms with E-state index in [1.807, 2.05) is 12.3 Å². The maximum atomic E-state index is 4.79. The van der Waals surface area contributed by atoms with E-state index in [9.17, 15) is 0 Å². The zero-order valence-corrected chi connectivity index (χ0v) is 12.0. The van der Waals surface area contributed by atoms with Gasteiger partial charge in [0.05, 0.1) is 0 Å². The molecule has 19 heavy (non-hydrogen) atoms. The highest BCUT2D eigenvalue weighted by Gasteiger charge is 2.25. The van der Waals surface area contributed by atoms with E-state index in [-0.39, 0.29) is 0 Å². The summed E-state index contributed by atoms with van der Waals surface area (Å²) in [6.45, 7) is 6.91. The molecule has 3 rings (SSSR count). The lowest BCUT2D eigenvalue weighted by atomic mass is 9.95. The van der Waals surface area contributed by atoms with Gasteiger partial charge in [-0.05, 0) is 51.9 Å². The predicted molar refractivity (Wildman–Crippen MR) is 77.2 cm³/mol. The molecule has 0 saturated carbocycles. The van der Waals surface area contributed by atoms with Gasteiger partial charge >= 0.3 is 0 Å². The van der Waals surface area contributed by atoms with Gasteiger partial charge in [0.1, 0.15) is 11.3 Å². The fourth-order valence-electron chi connectivity index (χ4n) is 3.08. The molecule has 4 heteroatoms. The number of aromatic nitrogens is 3. The fourth-order valence-corrected chi connectivity index (χ4v) is 3.08. The third-order valence-corrected chi connectivity index (χ3v) is 4.29. The number of imidazole rings is 1. The molecule has 1 aliphatic rings. The van der Waals surface area contributed by atoms with Crippen LogP contribution in [0.3, 0.4) is 0 Å². The van der Waals surface area contributed by atoms with Crippen LogP contribution in [0.25, 0.3) is 11.2 Å². The van der Waals surface area contributed by atoms with Crippen molar-refractivity contribution in [2.45, 2.75) is 38.6 Å². The number of fused-ring (bicyclic) bond motifs is 1. The van der Waals surface area contributed by atoms with Gasteiger partial charge < -0.3 is 9.47 Å². The first-order valence-electron chi connectivity index (χ1n) is 7.18. The molecule has 3 heterocycles. The molecule has 0 atom stereocenters. The molecule has 2 aromatic heterocycles. The van der Waals surface area contributed by atoms with E-state index in [1.54, 1.807) is 0 Å². The highest BCUT2D eigenvalue weighted by molar-refractivity contribution is 5.71. The molecule has 0 bridgehead atoms. The average Bonchev–Trinajstić information content (AvgIpc) is 2.77. The summed E-state index contributed by atoms with van der Waals surface area (Å²) >= 11 is 0. The molecule has 0 unspecified atom stereocenters. The fraction of sp³-hybridized carbons (Fsp3) is 0.600. The third-order valence-electron chi connectivity index (χ3n) is 4.29. The van der Waals surface area contributed by atoms with Crippen molar-refractivity contribution in [3.8, 4) is 0 Å². The minimum atomic E-state index is 0.578. The summed E-state index contributed by atoms with van der Waals surface area (Å²) in [6, 6.07) is 4.67. The van der Waals surface area contributed by atoms with Crippen LogP contribution in [0.2, 0.25) is 0 Å². The molecule has 0 N–H and O–H groups in total. The molecule has 1 fully saturated rings. The van der Waals surface area contributed by atoms with Crippen molar-refractivity contribution in [2.24, 2.45) is 7.05 Å². The number of nitrogens with zero attached hydrogens (tertiary/aromatic N) is 4. The minimum absolute atomic E-state index is 0.578. The summed E-state index contributed by atoms with van der Waals surface area (Å²) in [4.78, 5) is 11.8. The summed E-state index contributed by atoms with van der Waals surface area (Å²) in [5.41, 5.74) is 2.02. The lowest BCUT2D eigenvalue weighted by Gasteiger charge is -2.34. The number of likely N-dealkylation sites (tertiary alicyclic amines) is 1. The van der Waals surface area contributed by atoms with Gasteiger partial charge in [-0.1, -0.05) is 0 Å². The van der Waals surface area contributed by atoms with Gasteiger partial charge in [0, 0.05) is 25.2 Å². The second-order valence-electron chi connectivity index (χ2n) is 5.78. The van der Waals surface area contributed by atoms with Crippen LogP contribution < -0.4 is 0 Å². The standard InChI is InChI=1S/C15H22N4/c1-11(2)19-9-6-12(7-10-19)14-17-13-5-4-8-16-15(13)18(14)3/h4-5,8,11-12H,6-7,9-10H2,1-3H3. The molecule has 0 aromatic carbocycles. The van der Waals surface area contributed by atoms with E-state index < -0.39 is 0 Å². The Labute approximate surface area is 114 Å². The second-order valence-corrected chi connectivity index (χ2v) is 5.78. The molecule has 0 spiro atoms. The zero-order valence-electron chi connectivity index (χ0n) is 12.0. The molecule has 0 amide bonds. The number of piperidine rings is 1. The number of pyridine rings is 1. The predicted octanol–water partition coefficient (Wildman–Crippen LogP) is 2.56. The van der Waals surface area contributed by atoms with Crippen LogP contribution in [0.4, 0.5) is 0 Å². The molecular formula is C15H22N4. The summed E-state index contributed by atoms with van der Waals surface area (Å²) in [5.74, 6) is 1.78. The van der Waals surface area contributed by atoms with E-state index in [0.717, 1.165) is 11.2 Å². The summed E-state index contributed by atoms with van der Waals surface area (Å²) in [5, 5.41) is 0. The van der Waals surface area contributed by atoms with Gasteiger partial charge in [-0.25, -0.2) is 9.97 Å². The maximum absolute atomic E-state index is 4.79. The van der Waals surface area contributed by atoms with Crippen molar-refractivity contribution in [2.75, 3.05) is 13.1 Å². The van der Waals surface area contributed by atoms with Crippen LogP contribution in [-0.2, 0) is 7.05 Å². The number of hydrogen-bond acceptors (Lipinski definition) is 3. The normalized spacial score (nSPS) is 18.5. The van der Waals surface area contributed by atoms with E-state index >= 15 is 0 Å². The number of hydrogen-bond donors (Lipinski definition) is 0. The van der Waals surface area contributed by atoms with Crippen LogP contribution >= 0.6 is 0 Å². The van der Waals surface area contributed by atoms with Gasteiger partial charge in [-0.15, -0.1) is 0 Å². The molecule has 4 nitrogen and oxygen atoms in total. The lowest BCUT2D eigenvalue weighted by Crippen LogP contribution is -2.38. The second kappa shape index (κ2) is 4.93. The number of aryl methyl sites for hydroxylation is 1. The first-order valence-corrected chi connectivity index (χ1v) is 7.18. The van der Waals surface area contributed by atoms with E-state index in [4.69, 9.17) is 4.98 Å². The third kappa shape index (κ3) is 2.25. The molecule has 0 radical (unpaired) electrons. The van der Waals surface area contributed by atoms with Crippen molar-refractivity contribution in [1.82, 2.24) is 19.4 Å². The molecule has 2 aromatic rings. The Hall–Kier alpha value is -1.42. The molecular weight excluding hydrogens is 236 g/mol. The van der Waals surface area contributed by atoms with Crippen molar-refractivity contribution >= 4 is 11.2 Å².